The summed E-state index contributed by atoms with van der Waals surface area (Å²) >= 11 is 0. The van der Waals surface area contributed by atoms with Crippen LogP contribution in [0.5, 0.6) is 5.88 Å². The number of hydrogen-bond acceptors (Lipinski definition) is 4. The summed E-state index contributed by atoms with van der Waals surface area (Å²) in [4.78, 5) is 18.4. The topological polar surface area (TPSA) is 76.7 Å². The summed E-state index contributed by atoms with van der Waals surface area (Å²) in [6, 6.07) is 1.34. The number of carboxylic acids is 1. The highest BCUT2D eigenvalue weighted by molar-refractivity contribution is 5.86. The number of fused-ring (bicyclic) bond motifs is 1. The van der Waals surface area contributed by atoms with Crippen molar-refractivity contribution in [3.8, 4) is 5.88 Å². The van der Waals surface area contributed by atoms with Crippen molar-refractivity contribution in [1.29, 1.82) is 0 Å². The van der Waals surface area contributed by atoms with Crippen LogP contribution >= 0.6 is 0 Å². The van der Waals surface area contributed by atoms with Gasteiger partial charge in [0.25, 0.3) is 0 Å². The number of imidazole rings is 1. The largest absolute Gasteiger partial charge is 0.482 e. The molecule has 0 saturated carbocycles. The molecule has 0 radical (unpaired) electrons. The van der Waals surface area contributed by atoms with E-state index in [4.69, 9.17) is 9.84 Å². The highest BCUT2D eigenvalue weighted by atomic mass is 16.5. The number of ether oxygens (including phenoxy) is 1. The normalized spacial score (nSPS) is 10.4. The molecule has 14 heavy (non-hydrogen) atoms. The molecular formula is C8H7N3O3. The van der Waals surface area contributed by atoms with Gasteiger partial charge in [-0.25, -0.2) is 14.8 Å². The van der Waals surface area contributed by atoms with Crippen molar-refractivity contribution in [1.82, 2.24) is 14.4 Å². The molecule has 0 aliphatic rings. The van der Waals surface area contributed by atoms with Gasteiger partial charge in [-0.3, -0.25) is 4.40 Å². The molecule has 0 spiro atoms. The van der Waals surface area contributed by atoms with Crippen molar-refractivity contribution in [3.05, 3.63) is 24.2 Å². The van der Waals surface area contributed by atoms with Crippen molar-refractivity contribution in [3.63, 3.8) is 0 Å². The maximum atomic E-state index is 10.7. The number of carboxylic acid groups (broad SMARTS) is 1. The van der Waals surface area contributed by atoms with Crippen LogP contribution < -0.4 is 4.74 Å². The van der Waals surface area contributed by atoms with E-state index >= 15 is 0 Å². The van der Waals surface area contributed by atoms with Crippen molar-refractivity contribution in [2.45, 2.75) is 0 Å². The molecule has 0 saturated heterocycles. The second kappa shape index (κ2) is 2.99. The third-order valence-corrected chi connectivity index (χ3v) is 1.77. The Labute approximate surface area is 78.8 Å². The number of hydrogen-bond donors (Lipinski definition) is 1. The Hall–Kier alpha value is -2.11. The lowest BCUT2D eigenvalue weighted by Gasteiger charge is -2.03. The smallest absolute Gasteiger partial charge is 0.354 e. The van der Waals surface area contributed by atoms with Crippen molar-refractivity contribution in [2.75, 3.05) is 7.11 Å². The third-order valence-electron chi connectivity index (χ3n) is 1.77. The van der Waals surface area contributed by atoms with Crippen LogP contribution in [-0.2, 0) is 0 Å². The van der Waals surface area contributed by atoms with Gasteiger partial charge in [0.05, 0.1) is 7.11 Å². The van der Waals surface area contributed by atoms with Gasteiger partial charge in [0.2, 0.25) is 11.7 Å². The maximum Gasteiger partial charge on any atom is 0.354 e. The highest BCUT2D eigenvalue weighted by Crippen LogP contribution is 2.13. The first-order valence-electron chi connectivity index (χ1n) is 3.84. The molecule has 0 bridgehead atoms. The van der Waals surface area contributed by atoms with E-state index in [1.165, 1.54) is 19.4 Å². The molecule has 0 aromatic carbocycles. The van der Waals surface area contributed by atoms with E-state index in [1.54, 1.807) is 10.6 Å². The molecule has 0 aliphatic carbocycles. The summed E-state index contributed by atoms with van der Waals surface area (Å²) in [6.07, 6.45) is 3.17. The Morgan fingerprint density at radius 3 is 3.07 bits per heavy atom. The van der Waals surface area contributed by atoms with E-state index < -0.39 is 5.97 Å². The third kappa shape index (κ3) is 1.17. The maximum absolute atomic E-state index is 10.7. The number of methoxy groups -OCH3 is 1. The minimum Gasteiger partial charge on any atom is -0.482 e. The fourth-order valence-electron chi connectivity index (χ4n) is 1.14. The Morgan fingerprint density at radius 1 is 1.64 bits per heavy atom. The Bertz CT molecular complexity index is 492. The molecule has 2 heterocycles. The second-order valence-electron chi connectivity index (χ2n) is 2.59. The molecule has 0 fully saturated rings. The minimum absolute atomic E-state index is 0.0828. The Morgan fingerprint density at radius 2 is 2.43 bits per heavy atom. The minimum atomic E-state index is -1.10. The van der Waals surface area contributed by atoms with E-state index in [1.807, 2.05) is 0 Å². The van der Waals surface area contributed by atoms with Gasteiger partial charge in [-0.2, -0.15) is 0 Å². The first-order chi connectivity index (χ1) is 6.72. The highest BCUT2D eigenvalue weighted by Gasteiger charge is 2.10. The molecule has 0 atom stereocenters. The number of aromatic nitrogens is 3. The quantitative estimate of drug-likeness (QED) is 0.748. The molecule has 0 amide bonds. The number of aromatic carboxylic acids is 1. The van der Waals surface area contributed by atoms with E-state index in [2.05, 4.69) is 9.97 Å². The summed E-state index contributed by atoms with van der Waals surface area (Å²) in [5.41, 5.74) is -0.0828. The van der Waals surface area contributed by atoms with Gasteiger partial charge >= 0.3 is 5.97 Å². The molecule has 6 nitrogen and oxygen atoms in total. The fourth-order valence-corrected chi connectivity index (χ4v) is 1.14. The Kier molecular flexibility index (Phi) is 1.81. The SMILES string of the molecule is COc1cc(C(=O)O)nc2nccn12. The summed E-state index contributed by atoms with van der Waals surface area (Å²) < 4.78 is 6.56. The standard InChI is InChI=1S/C8H7N3O3/c1-14-6-4-5(7(12)13)10-8-9-2-3-11(6)8/h2-4H,1H3,(H,12,13). The molecule has 72 valence electrons. The monoisotopic (exact) mass is 193 g/mol. The second-order valence-corrected chi connectivity index (χ2v) is 2.59. The van der Waals surface area contributed by atoms with Crippen molar-refractivity contribution in [2.24, 2.45) is 0 Å². The van der Waals surface area contributed by atoms with Gasteiger partial charge in [-0.15, -0.1) is 0 Å². The first-order valence-corrected chi connectivity index (χ1v) is 3.84. The lowest BCUT2D eigenvalue weighted by molar-refractivity contribution is 0.0690. The van der Waals surface area contributed by atoms with Crippen LogP contribution in [0.3, 0.4) is 0 Å². The fraction of sp³-hybridized carbons (Fsp3) is 0.125. The van der Waals surface area contributed by atoms with Crippen LogP contribution in [0.2, 0.25) is 0 Å². The van der Waals surface area contributed by atoms with Gasteiger partial charge in [0.1, 0.15) is 0 Å². The first kappa shape index (κ1) is 8.49. The molecule has 6 heteroatoms. The van der Waals surface area contributed by atoms with Gasteiger partial charge in [-0.1, -0.05) is 0 Å². The molecule has 1 N–H and O–H groups in total. The lowest BCUT2D eigenvalue weighted by atomic mass is 10.4. The van der Waals surface area contributed by atoms with Gasteiger partial charge in [0, 0.05) is 18.5 Å². The summed E-state index contributed by atoms with van der Waals surface area (Å²) in [5, 5.41) is 8.75. The van der Waals surface area contributed by atoms with Crippen LogP contribution in [0.1, 0.15) is 10.5 Å². The average molecular weight is 193 g/mol. The lowest BCUT2D eigenvalue weighted by Crippen LogP contribution is -2.04. The van der Waals surface area contributed by atoms with E-state index in [-0.39, 0.29) is 5.69 Å². The summed E-state index contributed by atoms with van der Waals surface area (Å²) in [5.74, 6) is -0.402. The van der Waals surface area contributed by atoms with Crippen LogP contribution in [0, 0.1) is 0 Å². The van der Waals surface area contributed by atoms with Crippen LogP contribution in [0.4, 0.5) is 0 Å². The average Bonchev–Trinajstić information content (AvgIpc) is 2.63. The van der Waals surface area contributed by atoms with Crippen LogP contribution in [0.25, 0.3) is 5.78 Å². The van der Waals surface area contributed by atoms with E-state index in [0.717, 1.165) is 0 Å². The predicted octanol–water partition coefficient (Wildman–Crippen LogP) is 0.436. The van der Waals surface area contributed by atoms with Crippen molar-refractivity contribution >= 4 is 11.7 Å². The van der Waals surface area contributed by atoms with Crippen molar-refractivity contribution < 1.29 is 14.6 Å². The number of carbonyl (C=O) groups is 1. The zero-order valence-corrected chi connectivity index (χ0v) is 7.34. The molecule has 0 aliphatic heterocycles. The number of rotatable bonds is 2. The van der Waals surface area contributed by atoms with E-state index in [9.17, 15) is 4.79 Å². The zero-order valence-electron chi connectivity index (χ0n) is 7.34. The van der Waals surface area contributed by atoms with E-state index in [0.29, 0.717) is 11.7 Å². The van der Waals surface area contributed by atoms with Gasteiger partial charge < -0.3 is 9.84 Å². The molecular weight excluding hydrogens is 186 g/mol. The molecule has 2 aromatic heterocycles. The molecule has 2 aromatic rings. The predicted molar refractivity (Wildman–Crippen MR) is 46.5 cm³/mol. The van der Waals surface area contributed by atoms with Crippen LogP contribution in [0.15, 0.2) is 18.5 Å². The van der Waals surface area contributed by atoms with Gasteiger partial charge in [0.15, 0.2) is 5.69 Å². The molecule has 2 rings (SSSR count). The Balaban J connectivity index is 2.73. The van der Waals surface area contributed by atoms with Gasteiger partial charge in [-0.05, 0) is 0 Å². The molecule has 0 unspecified atom stereocenters. The summed E-state index contributed by atoms with van der Waals surface area (Å²) in [6.45, 7) is 0. The zero-order chi connectivity index (χ0) is 10.1. The number of nitrogens with zero attached hydrogens (tertiary/aromatic N) is 3. The summed E-state index contributed by atoms with van der Waals surface area (Å²) in [7, 11) is 1.46. The van der Waals surface area contributed by atoms with Crippen LogP contribution in [-0.4, -0.2) is 32.6 Å².